The summed E-state index contributed by atoms with van der Waals surface area (Å²) in [6.07, 6.45) is 0. The van der Waals surface area contributed by atoms with Crippen molar-refractivity contribution in [3.8, 4) is 11.5 Å². The lowest BCUT2D eigenvalue weighted by atomic mass is 10.2. The molecule has 2 aromatic carbocycles. The van der Waals surface area contributed by atoms with Gasteiger partial charge in [0.15, 0.2) is 0 Å². The SMILES string of the molecule is C[Si](C)(C)C#CC(=C(Cl)Cl)N1c2ccccc2Sc2ccccc21. The molecule has 1 aliphatic heterocycles. The molecule has 0 aromatic heterocycles. The summed E-state index contributed by atoms with van der Waals surface area (Å²) in [5.41, 5.74) is 6.13. The highest BCUT2D eigenvalue weighted by atomic mass is 35.5. The smallest absolute Gasteiger partial charge is 0.139 e. The predicted octanol–water partition coefficient (Wildman–Crippen LogP) is 6.82. The Morgan fingerprint density at radius 3 is 1.88 bits per heavy atom. The van der Waals surface area contributed by atoms with Crippen LogP contribution >= 0.6 is 35.0 Å². The molecule has 0 radical (unpaired) electrons. The van der Waals surface area contributed by atoms with Crippen LogP contribution in [0.15, 0.2) is 68.5 Å². The Balaban J connectivity index is 2.22. The zero-order valence-corrected chi connectivity index (χ0v) is 17.1. The molecule has 0 bridgehead atoms. The third kappa shape index (κ3) is 3.68. The molecule has 0 amide bonds. The van der Waals surface area contributed by atoms with Gasteiger partial charge in [-0.15, -0.1) is 5.54 Å². The number of nitrogens with zero attached hydrogens (tertiary/aromatic N) is 1. The molecule has 2 aromatic rings. The lowest BCUT2D eigenvalue weighted by Crippen LogP contribution is -2.21. The lowest BCUT2D eigenvalue weighted by Gasteiger charge is -2.32. The molecule has 1 heterocycles. The van der Waals surface area contributed by atoms with Crippen LogP contribution in [0.25, 0.3) is 0 Å². The Labute approximate surface area is 158 Å². The van der Waals surface area contributed by atoms with Crippen LogP contribution in [0.3, 0.4) is 0 Å². The summed E-state index contributed by atoms with van der Waals surface area (Å²) in [6.45, 7) is 6.61. The number of benzene rings is 2. The quantitative estimate of drug-likeness (QED) is 0.388. The fraction of sp³-hybridized carbons (Fsp3) is 0.158. The molecule has 5 heteroatoms. The van der Waals surface area contributed by atoms with E-state index in [1.54, 1.807) is 11.8 Å². The first-order valence-electron chi connectivity index (χ1n) is 7.61. The van der Waals surface area contributed by atoms with E-state index in [4.69, 9.17) is 23.2 Å². The van der Waals surface area contributed by atoms with Crippen LogP contribution in [0.5, 0.6) is 0 Å². The number of halogens is 2. The van der Waals surface area contributed by atoms with Gasteiger partial charge in [-0.3, -0.25) is 4.90 Å². The van der Waals surface area contributed by atoms with Gasteiger partial charge in [0.25, 0.3) is 0 Å². The summed E-state index contributed by atoms with van der Waals surface area (Å²) in [6, 6.07) is 16.5. The average molecular weight is 390 g/mol. The molecule has 0 spiro atoms. The zero-order chi connectivity index (χ0) is 17.3. The van der Waals surface area contributed by atoms with Crippen LogP contribution in [0.1, 0.15) is 0 Å². The van der Waals surface area contributed by atoms with Crippen molar-refractivity contribution in [2.24, 2.45) is 0 Å². The van der Waals surface area contributed by atoms with Gasteiger partial charge in [-0.05, 0) is 24.3 Å². The third-order valence-corrected chi connectivity index (χ3v) is 5.75. The van der Waals surface area contributed by atoms with Crippen LogP contribution < -0.4 is 4.90 Å². The van der Waals surface area contributed by atoms with Crippen LogP contribution in [0.2, 0.25) is 19.6 Å². The zero-order valence-electron chi connectivity index (χ0n) is 13.7. The largest absolute Gasteiger partial charge is 0.299 e. The minimum absolute atomic E-state index is 0.192. The molecule has 1 aliphatic rings. The maximum Gasteiger partial charge on any atom is 0.139 e. The summed E-state index contributed by atoms with van der Waals surface area (Å²) >= 11 is 14.2. The summed E-state index contributed by atoms with van der Waals surface area (Å²) in [5, 5.41) is 0. The number of allylic oxidation sites excluding steroid dienone is 1. The molecule has 0 fully saturated rings. The van der Waals surface area contributed by atoms with Crippen molar-refractivity contribution in [1.82, 2.24) is 0 Å². The van der Waals surface area contributed by atoms with E-state index >= 15 is 0 Å². The van der Waals surface area contributed by atoms with Crippen LogP contribution in [0.4, 0.5) is 11.4 Å². The standard InChI is InChI=1S/C19H17Cl2NSSi/c1-24(2,3)13-12-16(19(20)21)22-14-8-4-6-10-17(14)23-18-11-7-5-9-15(18)22/h4-11H,1-3H3. The number of hydrogen-bond donors (Lipinski definition) is 0. The normalized spacial score (nSPS) is 12.6. The average Bonchev–Trinajstić information content (AvgIpc) is 2.52. The summed E-state index contributed by atoms with van der Waals surface area (Å²) in [5.74, 6) is 3.25. The molecular formula is C19H17Cl2NSSi. The van der Waals surface area contributed by atoms with Crippen LogP contribution in [-0.2, 0) is 0 Å². The maximum atomic E-state index is 6.25. The fourth-order valence-electron chi connectivity index (χ4n) is 2.38. The number of fused-ring (bicyclic) bond motifs is 2. The number of anilines is 2. The van der Waals surface area contributed by atoms with Gasteiger partial charge >= 0.3 is 0 Å². The first-order chi connectivity index (χ1) is 11.4. The van der Waals surface area contributed by atoms with Crippen molar-refractivity contribution in [1.29, 1.82) is 0 Å². The summed E-state index contributed by atoms with van der Waals surface area (Å²) < 4.78 is 0.192. The third-order valence-electron chi connectivity index (χ3n) is 3.39. The van der Waals surface area contributed by atoms with Gasteiger partial charge in [-0.25, -0.2) is 0 Å². The second-order valence-electron chi connectivity index (χ2n) is 6.48. The van der Waals surface area contributed by atoms with Gasteiger partial charge < -0.3 is 0 Å². The van der Waals surface area contributed by atoms with E-state index < -0.39 is 8.07 Å². The Kier molecular flexibility index (Phi) is 5.03. The number of para-hydroxylation sites is 2. The highest BCUT2D eigenvalue weighted by molar-refractivity contribution is 7.99. The van der Waals surface area contributed by atoms with Gasteiger partial charge in [0.05, 0.1) is 11.4 Å². The van der Waals surface area contributed by atoms with E-state index in [1.165, 1.54) is 0 Å². The van der Waals surface area contributed by atoms with Crippen molar-refractivity contribution < 1.29 is 0 Å². The fourth-order valence-corrected chi connectivity index (χ4v) is 4.19. The van der Waals surface area contributed by atoms with Gasteiger partial charge in [-0.2, -0.15) is 0 Å². The highest BCUT2D eigenvalue weighted by Gasteiger charge is 2.26. The summed E-state index contributed by atoms with van der Waals surface area (Å²) in [7, 11) is -1.56. The molecule has 3 rings (SSSR count). The Bertz CT molecular complexity index is 825. The Morgan fingerprint density at radius 2 is 1.42 bits per heavy atom. The van der Waals surface area contributed by atoms with Crippen molar-refractivity contribution in [2.75, 3.05) is 4.90 Å². The molecule has 0 saturated heterocycles. The molecule has 122 valence electrons. The monoisotopic (exact) mass is 389 g/mol. The number of hydrogen-bond acceptors (Lipinski definition) is 2. The van der Waals surface area contributed by atoms with Crippen molar-refractivity contribution >= 4 is 54.4 Å². The van der Waals surface area contributed by atoms with E-state index in [-0.39, 0.29) is 4.49 Å². The first-order valence-corrected chi connectivity index (χ1v) is 12.7. The minimum Gasteiger partial charge on any atom is -0.299 e. The van der Waals surface area contributed by atoms with E-state index in [2.05, 4.69) is 60.3 Å². The van der Waals surface area contributed by atoms with Crippen LogP contribution in [0, 0.1) is 11.5 Å². The van der Waals surface area contributed by atoms with E-state index in [0.29, 0.717) is 5.70 Å². The van der Waals surface area contributed by atoms with E-state index in [0.717, 1.165) is 21.2 Å². The molecule has 0 saturated carbocycles. The van der Waals surface area contributed by atoms with E-state index in [9.17, 15) is 0 Å². The molecular weight excluding hydrogens is 373 g/mol. The Morgan fingerprint density at radius 1 is 0.917 bits per heavy atom. The first kappa shape index (κ1) is 17.5. The molecule has 0 unspecified atom stereocenters. The second kappa shape index (κ2) is 6.90. The van der Waals surface area contributed by atoms with Gasteiger partial charge in [0, 0.05) is 9.79 Å². The lowest BCUT2D eigenvalue weighted by molar-refractivity contribution is 1.13. The summed E-state index contributed by atoms with van der Waals surface area (Å²) in [4.78, 5) is 4.40. The van der Waals surface area contributed by atoms with Crippen molar-refractivity contribution in [3.05, 3.63) is 58.7 Å². The Hall–Kier alpha value is -1.31. The molecule has 24 heavy (non-hydrogen) atoms. The van der Waals surface area contributed by atoms with Gasteiger partial charge in [0.1, 0.15) is 18.3 Å². The molecule has 0 aliphatic carbocycles. The van der Waals surface area contributed by atoms with E-state index in [1.807, 2.05) is 24.3 Å². The van der Waals surface area contributed by atoms with Crippen molar-refractivity contribution in [2.45, 2.75) is 29.4 Å². The predicted molar refractivity (Wildman–Crippen MR) is 109 cm³/mol. The van der Waals surface area contributed by atoms with Gasteiger partial charge in [0.2, 0.25) is 0 Å². The topological polar surface area (TPSA) is 3.24 Å². The van der Waals surface area contributed by atoms with Crippen molar-refractivity contribution in [3.63, 3.8) is 0 Å². The molecule has 0 atom stereocenters. The maximum absolute atomic E-state index is 6.25. The molecule has 0 N–H and O–H groups in total. The minimum atomic E-state index is -1.56. The number of rotatable bonds is 1. The molecule has 1 nitrogen and oxygen atoms in total. The van der Waals surface area contributed by atoms with Gasteiger partial charge in [-0.1, -0.05) is 84.8 Å². The highest BCUT2D eigenvalue weighted by Crippen LogP contribution is 2.50. The second-order valence-corrected chi connectivity index (χ2v) is 13.3. The van der Waals surface area contributed by atoms with Crippen LogP contribution in [-0.4, -0.2) is 8.07 Å².